The summed E-state index contributed by atoms with van der Waals surface area (Å²) in [4.78, 5) is 0. The molecular weight excluding hydrogens is 562 g/mol. The molecule has 0 aromatic carbocycles. The van der Waals surface area contributed by atoms with Crippen LogP contribution < -0.4 is 0 Å². The molecule has 0 aliphatic rings. The molecule has 3 unspecified atom stereocenters. The molecule has 3 atom stereocenters. The molecule has 0 aliphatic heterocycles. The van der Waals surface area contributed by atoms with Crippen LogP contribution in [-0.2, 0) is 0 Å². The van der Waals surface area contributed by atoms with Gasteiger partial charge in [-0.2, -0.15) is 0 Å². The van der Waals surface area contributed by atoms with E-state index in [2.05, 4.69) is 104 Å². The van der Waals surface area contributed by atoms with Gasteiger partial charge in [-0.3, -0.25) is 0 Å². The van der Waals surface area contributed by atoms with Crippen molar-refractivity contribution >= 4 is 0 Å². The molecule has 0 rings (SSSR count). The first kappa shape index (κ1) is 38.3. The third-order valence-corrected chi connectivity index (χ3v) is 6.64. The van der Waals surface area contributed by atoms with Crippen molar-refractivity contribution < 1.29 is 77.0 Å². The summed E-state index contributed by atoms with van der Waals surface area (Å²) in [5, 5.41) is 9.39. The number of aliphatic hydroxyl groups excluding tert-OH is 1. The first-order valence-electron chi connectivity index (χ1n) is 12.1. The fraction of sp³-hybridized carbons (Fsp3) is 1.00. The zero-order valence-electron chi connectivity index (χ0n) is 23.1. The minimum absolute atomic E-state index is 0. The van der Waals surface area contributed by atoms with Gasteiger partial charge in [0.05, 0.1) is 6.10 Å². The Labute approximate surface area is 249 Å². The van der Waals surface area contributed by atoms with Gasteiger partial charge in [0.25, 0.3) is 0 Å². The summed E-state index contributed by atoms with van der Waals surface area (Å²) in [7, 11) is 0. The van der Waals surface area contributed by atoms with E-state index in [9.17, 15) is 5.11 Å². The number of hydrogen-bond acceptors (Lipinski definition) is 1. The van der Waals surface area contributed by atoms with Crippen LogP contribution in [0.5, 0.6) is 0 Å². The van der Waals surface area contributed by atoms with Gasteiger partial charge in [0.15, 0.2) is 0 Å². The van der Waals surface area contributed by atoms with Crippen molar-refractivity contribution in [3.63, 3.8) is 0 Å². The fourth-order valence-corrected chi connectivity index (χ4v) is 3.43. The van der Waals surface area contributed by atoms with Crippen molar-refractivity contribution in [3.05, 3.63) is 0 Å². The van der Waals surface area contributed by atoms with Gasteiger partial charge in [-0.1, -0.05) is 130 Å². The van der Waals surface area contributed by atoms with Crippen molar-refractivity contribution in [2.75, 3.05) is 0 Å². The van der Waals surface area contributed by atoms with Crippen LogP contribution in [0.1, 0.15) is 136 Å². The van der Waals surface area contributed by atoms with Gasteiger partial charge < -0.3 is 5.11 Å². The van der Waals surface area contributed by atoms with Crippen molar-refractivity contribution in [2.24, 2.45) is 34.0 Å². The Morgan fingerprint density at radius 1 is 0.621 bits per heavy atom. The van der Waals surface area contributed by atoms with Gasteiger partial charge in [-0.25, -0.2) is 0 Å². The van der Waals surface area contributed by atoms with Crippen LogP contribution in [-0.4, -0.2) is 11.2 Å². The van der Waals surface area contributed by atoms with Crippen LogP contribution in [0.2, 0.25) is 0 Å². The summed E-state index contributed by atoms with van der Waals surface area (Å²) >= 11 is 0. The Hall–Kier alpha value is 2.08. The summed E-state index contributed by atoms with van der Waals surface area (Å²) in [6, 6.07) is 0. The van der Waals surface area contributed by atoms with E-state index in [0.29, 0.717) is 10.8 Å². The molecule has 1 nitrogen and oxygen atoms in total. The minimum Gasteiger partial charge on any atom is -0.393 e. The summed E-state index contributed by atoms with van der Waals surface area (Å²) in [5.41, 5.74) is 1.06. The average molecular weight is 623 g/mol. The molecule has 0 heterocycles. The molecule has 1 N–H and O–H groups in total. The van der Waals surface area contributed by atoms with Crippen LogP contribution in [0.25, 0.3) is 0 Å². The molecule has 0 aliphatic carbocycles. The molecule has 0 aromatic heterocycles. The number of rotatable bonds is 6. The molecule has 0 aromatic rings. The fourth-order valence-electron chi connectivity index (χ4n) is 3.43. The monoisotopic (exact) mass is 622 g/mol. The zero-order valence-corrected chi connectivity index (χ0v) is 25.9. The van der Waals surface area contributed by atoms with Crippen LogP contribution >= 0.6 is 0 Å². The van der Waals surface area contributed by atoms with E-state index < -0.39 is 0 Å². The second kappa shape index (κ2) is 18.5. The summed E-state index contributed by atoms with van der Waals surface area (Å²) in [6.07, 6.45) is 5.79. The zero-order chi connectivity index (χ0) is 23.3. The summed E-state index contributed by atoms with van der Waals surface area (Å²) in [5.74, 6) is 2.59. The minimum atomic E-state index is -0.137. The van der Waals surface area contributed by atoms with Gasteiger partial charge >= 0.3 is 0 Å². The maximum atomic E-state index is 9.39. The Bertz CT molecular complexity index is 339. The smallest absolute Gasteiger partial charge is 0.0588 e. The van der Waals surface area contributed by atoms with Gasteiger partial charge in [0.1, 0.15) is 0 Å². The molecule has 182 valence electrons. The second-order valence-electron chi connectivity index (χ2n) is 12.1. The first-order valence-corrected chi connectivity index (χ1v) is 12.1. The van der Waals surface area contributed by atoms with Crippen molar-refractivity contribution in [1.82, 2.24) is 0 Å². The van der Waals surface area contributed by atoms with E-state index in [1.54, 1.807) is 0 Å². The molecule has 0 amide bonds. The van der Waals surface area contributed by atoms with Crippen molar-refractivity contribution in [3.8, 4) is 0 Å². The number of aliphatic hydroxyl groups is 1. The average Bonchev–Trinajstić information content (AvgIpc) is 2.53. The first-order chi connectivity index (χ1) is 12.4. The maximum Gasteiger partial charge on any atom is 0.0588 e. The Morgan fingerprint density at radius 2 is 1.00 bits per heavy atom. The topological polar surface area (TPSA) is 20.2 Å². The molecule has 0 spiro atoms. The van der Waals surface area contributed by atoms with E-state index in [0.717, 1.165) is 30.6 Å². The SMILES string of the molecule is CCC(C)C(C)C(C)(C)C.CCC(CC)C(C)(C)C.CCCC(O)C(C)(C)C.[Rn]. The second-order valence-corrected chi connectivity index (χ2v) is 12.1. The van der Waals surface area contributed by atoms with Gasteiger partial charge in [0, 0.05) is 71.9 Å². The Kier molecular flexibility index (Phi) is 24.5. The van der Waals surface area contributed by atoms with E-state index >= 15 is 0 Å². The van der Waals surface area contributed by atoms with E-state index in [1.165, 1.54) is 19.3 Å². The molecular formula is C27H60ORn. The molecule has 29 heavy (non-hydrogen) atoms. The molecule has 0 radical (unpaired) electrons. The van der Waals surface area contributed by atoms with Crippen LogP contribution in [0.4, 0.5) is 0 Å². The maximum absolute atomic E-state index is 9.39. The van der Waals surface area contributed by atoms with Gasteiger partial charge in [-0.05, 0) is 40.4 Å². The summed E-state index contributed by atoms with van der Waals surface area (Å²) in [6.45, 7) is 33.7. The van der Waals surface area contributed by atoms with Crippen LogP contribution in [0.3, 0.4) is 0 Å². The molecule has 0 bridgehead atoms. The van der Waals surface area contributed by atoms with E-state index in [4.69, 9.17) is 0 Å². The van der Waals surface area contributed by atoms with Crippen LogP contribution in [0.15, 0.2) is 0 Å². The predicted molar refractivity (Wildman–Crippen MR) is 132 cm³/mol. The predicted octanol–water partition coefficient (Wildman–Crippen LogP) is 9.38. The van der Waals surface area contributed by atoms with Crippen LogP contribution in [0, 0.1) is 106 Å². The van der Waals surface area contributed by atoms with Crippen molar-refractivity contribution in [2.45, 2.75) is 142 Å². The molecule has 0 fully saturated rings. The molecule has 0 saturated carbocycles. The molecule has 2 heteroatoms. The van der Waals surface area contributed by atoms with E-state index in [1.807, 2.05) is 0 Å². The largest absolute Gasteiger partial charge is 0.393 e. The van der Waals surface area contributed by atoms with Gasteiger partial charge in [-0.15, -0.1) is 0 Å². The number of hydrogen-bond donors (Lipinski definition) is 1. The normalized spacial score (nSPS) is 15.2. The quantitative estimate of drug-likeness (QED) is 0.313. The Morgan fingerprint density at radius 3 is 1.07 bits per heavy atom. The van der Waals surface area contributed by atoms with E-state index in [-0.39, 0.29) is 83.4 Å². The third kappa shape index (κ3) is 21.7. The van der Waals surface area contributed by atoms with Gasteiger partial charge in [0.2, 0.25) is 0 Å². The standard InChI is InChI=1S/C10H22.C9H20.C8H18O.Rn/c1-7-8(2)9(3)10(4,5)6;1-6-8(7-2)9(3,4)5;1-5-6-7(9)8(2,3)4;/h8-9H,7H2,1-6H3;8H,6-7H2,1-5H3;7,9H,5-6H2,1-4H3;. The van der Waals surface area contributed by atoms with Crippen molar-refractivity contribution in [1.29, 1.82) is 0 Å². The molecule has 0 saturated heterocycles. The Balaban J connectivity index is -0.000000159. The third-order valence-electron chi connectivity index (χ3n) is 6.64. The summed E-state index contributed by atoms with van der Waals surface area (Å²) < 4.78 is 0.